The van der Waals surface area contributed by atoms with Crippen molar-refractivity contribution >= 4 is 45.1 Å². The van der Waals surface area contributed by atoms with Crippen LogP contribution in [0.1, 0.15) is 22.5 Å². The van der Waals surface area contributed by atoms with E-state index in [-0.39, 0.29) is 3.70 Å². The number of rotatable bonds is 3. The molecule has 0 aliphatic carbocycles. The van der Waals surface area contributed by atoms with E-state index in [4.69, 9.17) is 11.6 Å². The normalized spacial score (nSPS) is 10.6. The summed E-state index contributed by atoms with van der Waals surface area (Å²) in [5.41, 5.74) is -2.06. The molecule has 0 unspecified atom stereocenters. The van der Waals surface area contributed by atoms with Crippen molar-refractivity contribution in [2.24, 2.45) is 0 Å². The van der Waals surface area contributed by atoms with Crippen LogP contribution in [0.2, 0.25) is 0 Å². The Balaban J connectivity index is 3.49. The molecule has 0 aliphatic heterocycles. The zero-order valence-corrected chi connectivity index (χ0v) is 10.2. The highest BCUT2D eigenvalue weighted by Gasteiger charge is 2.26. The summed E-state index contributed by atoms with van der Waals surface area (Å²) in [6.07, 6.45) is -2.91. The first kappa shape index (κ1) is 13.2. The van der Waals surface area contributed by atoms with Gasteiger partial charge < -0.3 is 0 Å². The Morgan fingerprint density at radius 2 is 2.19 bits per heavy atom. The molecule has 1 rings (SSSR count). The molecule has 0 aromatic carbocycles. The van der Waals surface area contributed by atoms with Crippen molar-refractivity contribution in [3.63, 3.8) is 0 Å². The van der Waals surface area contributed by atoms with Gasteiger partial charge in [0.25, 0.3) is 17.4 Å². The van der Waals surface area contributed by atoms with Gasteiger partial charge in [-0.25, -0.2) is 13.8 Å². The summed E-state index contributed by atoms with van der Waals surface area (Å²) < 4.78 is 24.6. The van der Waals surface area contributed by atoms with Gasteiger partial charge in [0.15, 0.2) is 0 Å². The first-order valence-electron chi connectivity index (χ1n) is 3.67. The van der Waals surface area contributed by atoms with E-state index in [1.807, 2.05) is 0 Å². The van der Waals surface area contributed by atoms with Gasteiger partial charge in [-0.15, -0.1) is 0 Å². The van der Waals surface area contributed by atoms with Crippen molar-refractivity contribution in [3.8, 4) is 0 Å². The third-order valence-corrected chi connectivity index (χ3v) is 2.64. The van der Waals surface area contributed by atoms with E-state index >= 15 is 0 Å². The maximum atomic E-state index is 12.4. The van der Waals surface area contributed by atoms with Crippen LogP contribution in [0, 0.1) is 13.8 Å². The highest BCUT2D eigenvalue weighted by Crippen LogP contribution is 2.29. The molecular weight excluding hydrogens is 360 g/mol. The van der Waals surface area contributed by atoms with Crippen LogP contribution in [0.15, 0.2) is 6.07 Å². The second-order valence-corrected chi connectivity index (χ2v) is 3.93. The van der Waals surface area contributed by atoms with E-state index in [0.717, 1.165) is 0 Å². The molecule has 0 amide bonds. The SMILES string of the molecule is O=C(Cl)c1nc(I)c(C(F)F)cc1[N+](=O)[O-]. The van der Waals surface area contributed by atoms with Crippen molar-refractivity contribution < 1.29 is 18.5 Å². The summed E-state index contributed by atoms with van der Waals surface area (Å²) in [5, 5.41) is 9.36. The molecule has 5 nitrogen and oxygen atoms in total. The van der Waals surface area contributed by atoms with Gasteiger partial charge in [0, 0.05) is 6.07 Å². The molecular formula is C7H2ClF2IN2O3. The number of hydrogen-bond donors (Lipinski definition) is 0. The van der Waals surface area contributed by atoms with Crippen molar-refractivity contribution in [2.75, 3.05) is 0 Å². The average Bonchev–Trinajstić information content (AvgIpc) is 2.15. The molecule has 0 radical (unpaired) electrons. The first-order chi connectivity index (χ1) is 7.34. The number of alkyl halides is 2. The third kappa shape index (κ3) is 2.61. The second kappa shape index (κ2) is 4.95. The van der Waals surface area contributed by atoms with Crippen molar-refractivity contribution in [1.29, 1.82) is 0 Å². The van der Waals surface area contributed by atoms with E-state index < -0.39 is 33.5 Å². The highest BCUT2D eigenvalue weighted by atomic mass is 127. The lowest BCUT2D eigenvalue weighted by Gasteiger charge is -2.04. The largest absolute Gasteiger partial charge is 0.300 e. The zero-order valence-electron chi connectivity index (χ0n) is 7.29. The van der Waals surface area contributed by atoms with E-state index in [0.29, 0.717) is 6.07 Å². The van der Waals surface area contributed by atoms with Crippen LogP contribution in [0.5, 0.6) is 0 Å². The lowest BCUT2D eigenvalue weighted by atomic mass is 10.2. The predicted octanol–water partition coefficient (Wildman–Crippen LogP) is 2.91. The molecule has 0 spiro atoms. The molecule has 1 heterocycles. The Labute approximate surface area is 106 Å². The number of halogens is 4. The Morgan fingerprint density at radius 1 is 1.62 bits per heavy atom. The van der Waals surface area contributed by atoms with Crippen molar-refractivity contribution in [2.45, 2.75) is 6.43 Å². The van der Waals surface area contributed by atoms with Gasteiger partial charge in [0.1, 0.15) is 3.70 Å². The third-order valence-electron chi connectivity index (χ3n) is 1.60. The monoisotopic (exact) mass is 362 g/mol. The lowest BCUT2D eigenvalue weighted by Crippen LogP contribution is -2.06. The van der Waals surface area contributed by atoms with E-state index in [2.05, 4.69) is 4.98 Å². The summed E-state index contributed by atoms with van der Waals surface area (Å²) in [4.78, 5) is 23.7. The Hall–Kier alpha value is -0.900. The van der Waals surface area contributed by atoms with Gasteiger partial charge in [-0.2, -0.15) is 0 Å². The molecule has 0 saturated heterocycles. The van der Waals surface area contributed by atoms with Gasteiger partial charge >= 0.3 is 0 Å². The van der Waals surface area contributed by atoms with Crippen LogP contribution in [-0.4, -0.2) is 15.1 Å². The van der Waals surface area contributed by atoms with Crippen LogP contribution in [0.4, 0.5) is 14.5 Å². The fourth-order valence-electron chi connectivity index (χ4n) is 0.932. The number of nitro groups is 1. The molecule has 0 saturated carbocycles. The molecule has 1 aromatic heterocycles. The van der Waals surface area contributed by atoms with E-state index in [1.54, 1.807) is 0 Å². The molecule has 0 bridgehead atoms. The number of nitrogens with zero attached hydrogens (tertiary/aromatic N) is 2. The van der Waals surface area contributed by atoms with Crippen LogP contribution < -0.4 is 0 Å². The van der Waals surface area contributed by atoms with Crippen LogP contribution >= 0.6 is 34.2 Å². The predicted molar refractivity (Wildman–Crippen MR) is 58.7 cm³/mol. The fourth-order valence-corrected chi connectivity index (χ4v) is 1.70. The topological polar surface area (TPSA) is 73.1 Å². The van der Waals surface area contributed by atoms with Crippen LogP contribution in [0.3, 0.4) is 0 Å². The van der Waals surface area contributed by atoms with E-state index in [1.165, 1.54) is 22.6 Å². The maximum Gasteiger partial charge on any atom is 0.300 e. The molecule has 0 N–H and O–H groups in total. The molecule has 0 aliphatic rings. The van der Waals surface area contributed by atoms with Crippen molar-refractivity contribution in [3.05, 3.63) is 31.1 Å². The van der Waals surface area contributed by atoms with Gasteiger partial charge in [-0.3, -0.25) is 14.9 Å². The Kier molecular flexibility index (Phi) is 4.08. The highest BCUT2D eigenvalue weighted by molar-refractivity contribution is 14.1. The summed E-state index contributed by atoms with van der Waals surface area (Å²) >= 11 is 6.51. The minimum Gasteiger partial charge on any atom is -0.274 e. The number of carbonyl (C=O) groups excluding carboxylic acids is 1. The number of pyridine rings is 1. The fraction of sp³-hybridized carbons (Fsp3) is 0.143. The molecule has 0 atom stereocenters. The minimum absolute atomic E-state index is 0.192. The van der Waals surface area contributed by atoms with E-state index in [9.17, 15) is 23.7 Å². The Morgan fingerprint density at radius 3 is 2.56 bits per heavy atom. The smallest absolute Gasteiger partial charge is 0.274 e. The minimum atomic E-state index is -2.91. The summed E-state index contributed by atoms with van der Waals surface area (Å²) in [5.74, 6) is 0. The lowest BCUT2D eigenvalue weighted by molar-refractivity contribution is -0.385. The molecule has 0 fully saturated rings. The average molecular weight is 362 g/mol. The van der Waals surface area contributed by atoms with Gasteiger partial charge in [-0.1, -0.05) is 0 Å². The summed E-state index contributed by atoms with van der Waals surface area (Å²) in [6.45, 7) is 0. The summed E-state index contributed by atoms with van der Waals surface area (Å²) in [6, 6.07) is 0.606. The number of aromatic nitrogens is 1. The zero-order chi connectivity index (χ0) is 12.5. The molecule has 86 valence electrons. The second-order valence-electron chi connectivity index (χ2n) is 2.57. The van der Waals surface area contributed by atoms with Gasteiger partial charge in [0.2, 0.25) is 5.69 Å². The van der Waals surface area contributed by atoms with Crippen LogP contribution in [0.25, 0.3) is 0 Å². The number of carbonyl (C=O) groups is 1. The standard InChI is InChI=1S/C7H2ClF2IN2O3/c8-5(14)4-3(13(15)16)1-2(6(9)10)7(11)12-4/h1,6H. The van der Waals surface area contributed by atoms with Crippen molar-refractivity contribution in [1.82, 2.24) is 4.98 Å². The first-order valence-corrected chi connectivity index (χ1v) is 5.13. The molecule has 1 aromatic rings. The summed E-state index contributed by atoms with van der Waals surface area (Å²) in [7, 11) is 0. The molecule has 16 heavy (non-hydrogen) atoms. The quantitative estimate of drug-likeness (QED) is 0.272. The van der Waals surface area contributed by atoms with Gasteiger partial charge in [0.05, 0.1) is 10.5 Å². The number of hydrogen-bond acceptors (Lipinski definition) is 4. The Bertz CT molecular complexity index is 469. The maximum absolute atomic E-state index is 12.4. The van der Waals surface area contributed by atoms with Crippen LogP contribution in [-0.2, 0) is 0 Å². The molecule has 9 heteroatoms. The van der Waals surface area contributed by atoms with Gasteiger partial charge in [-0.05, 0) is 34.2 Å².